The molecule has 0 bridgehead atoms. The van der Waals surface area contributed by atoms with Crippen LogP contribution in [0.3, 0.4) is 0 Å². The van der Waals surface area contributed by atoms with Gasteiger partial charge in [-0.2, -0.15) is 0 Å². The SMILES string of the molecule is Cc1ccc(NC(=O)N(C)C)c(C(=O)NC(C)c2ccc(C)s2)c1. The molecule has 1 aromatic carbocycles. The molecule has 0 aliphatic carbocycles. The van der Waals surface area contributed by atoms with Crippen LogP contribution >= 0.6 is 11.3 Å². The van der Waals surface area contributed by atoms with Crippen molar-refractivity contribution in [2.24, 2.45) is 0 Å². The summed E-state index contributed by atoms with van der Waals surface area (Å²) in [6, 6.07) is 9.12. The molecular weight excluding hydrogens is 322 g/mol. The molecule has 24 heavy (non-hydrogen) atoms. The van der Waals surface area contributed by atoms with Crippen LogP contribution in [0.1, 0.15) is 38.6 Å². The van der Waals surface area contributed by atoms with Crippen LogP contribution < -0.4 is 10.6 Å². The molecule has 2 N–H and O–H groups in total. The van der Waals surface area contributed by atoms with Crippen molar-refractivity contribution >= 4 is 29.0 Å². The summed E-state index contributed by atoms with van der Waals surface area (Å²) < 4.78 is 0. The maximum atomic E-state index is 12.7. The van der Waals surface area contributed by atoms with E-state index in [4.69, 9.17) is 0 Å². The van der Waals surface area contributed by atoms with Gasteiger partial charge in [0.1, 0.15) is 0 Å². The summed E-state index contributed by atoms with van der Waals surface area (Å²) in [5.41, 5.74) is 1.93. The zero-order valence-electron chi connectivity index (χ0n) is 14.6. The Labute approximate surface area is 146 Å². The minimum Gasteiger partial charge on any atom is -0.345 e. The fourth-order valence-corrected chi connectivity index (χ4v) is 3.09. The Morgan fingerprint density at radius 1 is 1.12 bits per heavy atom. The summed E-state index contributed by atoms with van der Waals surface area (Å²) >= 11 is 1.66. The van der Waals surface area contributed by atoms with E-state index in [9.17, 15) is 9.59 Å². The minimum absolute atomic E-state index is 0.0888. The summed E-state index contributed by atoms with van der Waals surface area (Å²) in [6.45, 7) is 5.91. The molecule has 1 heterocycles. The Bertz CT molecular complexity index is 752. The zero-order chi connectivity index (χ0) is 17.9. The topological polar surface area (TPSA) is 61.4 Å². The normalized spacial score (nSPS) is 11.7. The van der Waals surface area contributed by atoms with E-state index >= 15 is 0 Å². The second-order valence-electron chi connectivity index (χ2n) is 6.02. The number of anilines is 1. The number of thiophene rings is 1. The average molecular weight is 345 g/mol. The highest BCUT2D eigenvalue weighted by atomic mass is 32.1. The lowest BCUT2D eigenvalue weighted by molar-refractivity contribution is 0.0941. The molecule has 2 aromatic rings. The van der Waals surface area contributed by atoms with Crippen LogP contribution in [0.25, 0.3) is 0 Å². The van der Waals surface area contributed by atoms with Gasteiger partial charge in [-0.05, 0) is 45.0 Å². The second kappa shape index (κ2) is 7.49. The number of nitrogens with zero attached hydrogens (tertiary/aromatic N) is 1. The van der Waals surface area contributed by atoms with Crippen LogP contribution in [0.15, 0.2) is 30.3 Å². The van der Waals surface area contributed by atoms with Gasteiger partial charge in [-0.3, -0.25) is 4.79 Å². The van der Waals surface area contributed by atoms with Crippen molar-refractivity contribution in [1.82, 2.24) is 10.2 Å². The fraction of sp³-hybridized carbons (Fsp3) is 0.333. The van der Waals surface area contributed by atoms with E-state index in [1.165, 1.54) is 9.78 Å². The van der Waals surface area contributed by atoms with Crippen molar-refractivity contribution < 1.29 is 9.59 Å². The molecular formula is C18H23N3O2S. The number of nitrogens with one attached hydrogen (secondary N) is 2. The Kier molecular flexibility index (Phi) is 5.62. The van der Waals surface area contributed by atoms with Gasteiger partial charge in [-0.15, -0.1) is 11.3 Å². The zero-order valence-corrected chi connectivity index (χ0v) is 15.5. The highest BCUT2D eigenvalue weighted by Gasteiger charge is 2.17. The fourth-order valence-electron chi connectivity index (χ4n) is 2.21. The van der Waals surface area contributed by atoms with Gasteiger partial charge in [0.25, 0.3) is 5.91 Å². The van der Waals surface area contributed by atoms with E-state index in [2.05, 4.69) is 10.6 Å². The van der Waals surface area contributed by atoms with Gasteiger partial charge in [-0.1, -0.05) is 11.6 Å². The monoisotopic (exact) mass is 345 g/mol. The number of hydrogen-bond donors (Lipinski definition) is 2. The van der Waals surface area contributed by atoms with Crippen LogP contribution in [0.5, 0.6) is 0 Å². The molecule has 0 aliphatic rings. The highest BCUT2D eigenvalue weighted by Crippen LogP contribution is 2.24. The summed E-state index contributed by atoms with van der Waals surface area (Å²) in [4.78, 5) is 28.3. The van der Waals surface area contributed by atoms with Crippen LogP contribution in [-0.2, 0) is 0 Å². The molecule has 0 radical (unpaired) electrons. The molecule has 5 nitrogen and oxygen atoms in total. The van der Waals surface area contributed by atoms with Gasteiger partial charge in [0.05, 0.1) is 17.3 Å². The lowest BCUT2D eigenvalue weighted by Gasteiger charge is -2.17. The van der Waals surface area contributed by atoms with Gasteiger partial charge >= 0.3 is 6.03 Å². The summed E-state index contributed by atoms with van der Waals surface area (Å²) in [6.07, 6.45) is 0. The summed E-state index contributed by atoms with van der Waals surface area (Å²) in [7, 11) is 3.31. The van der Waals surface area contributed by atoms with E-state index < -0.39 is 0 Å². The van der Waals surface area contributed by atoms with Crippen LogP contribution in [0.2, 0.25) is 0 Å². The molecule has 0 fully saturated rings. The minimum atomic E-state index is -0.269. The molecule has 1 aromatic heterocycles. The predicted molar refractivity (Wildman–Crippen MR) is 98.8 cm³/mol. The maximum Gasteiger partial charge on any atom is 0.321 e. The number of aryl methyl sites for hydroxylation is 2. The van der Waals surface area contributed by atoms with Gasteiger partial charge in [0.15, 0.2) is 0 Å². The van der Waals surface area contributed by atoms with Crippen LogP contribution in [-0.4, -0.2) is 30.9 Å². The first kappa shape index (κ1) is 18.0. The van der Waals surface area contributed by atoms with E-state index in [1.807, 2.05) is 39.0 Å². The largest absolute Gasteiger partial charge is 0.345 e. The molecule has 2 rings (SSSR count). The molecule has 3 amide bonds. The van der Waals surface area contributed by atoms with E-state index in [0.717, 1.165) is 10.4 Å². The maximum absolute atomic E-state index is 12.7. The van der Waals surface area contributed by atoms with Crippen LogP contribution in [0.4, 0.5) is 10.5 Å². The summed E-state index contributed by atoms with van der Waals surface area (Å²) in [5, 5.41) is 5.77. The first-order valence-electron chi connectivity index (χ1n) is 7.74. The van der Waals surface area contributed by atoms with Gasteiger partial charge in [-0.25, -0.2) is 4.79 Å². The number of urea groups is 1. The number of benzene rings is 1. The third kappa shape index (κ3) is 4.35. The number of hydrogen-bond acceptors (Lipinski definition) is 3. The molecule has 0 saturated carbocycles. The van der Waals surface area contributed by atoms with E-state index in [1.54, 1.807) is 37.6 Å². The quantitative estimate of drug-likeness (QED) is 0.881. The molecule has 128 valence electrons. The van der Waals surface area contributed by atoms with Crippen molar-refractivity contribution in [2.45, 2.75) is 26.8 Å². The number of amides is 3. The number of rotatable bonds is 4. The lowest BCUT2D eigenvalue weighted by Crippen LogP contribution is -2.30. The van der Waals surface area contributed by atoms with Crippen molar-refractivity contribution in [3.63, 3.8) is 0 Å². The second-order valence-corrected chi connectivity index (χ2v) is 7.34. The molecule has 0 spiro atoms. The predicted octanol–water partition coefficient (Wildman–Crippen LogP) is 3.95. The van der Waals surface area contributed by atoms with Crippen LogP contribution in [0, 0.1) is 13.8 Å². The van der Waals surface area contributed by atoms with E-state index in [0.29, 0.717) is 11.3 Å². The number of carbonyl (C=O) groups is 2. The number of carbonyl (C=O) groups excluding carboxylic acids is 2. The van der Waals surface area contributed by atoms with E-state index in [-0.39, 0.29) is 18.0 Å². The highest BCUT2D eigenvalue weighted by molar-refractivity contribution is 7.12. The Morgan fingerprint density at radius 3 is 2.42 bits per heavy atom. The Balaban J connectivity index is 2.21. The lowest BCUT2D eigenvalue weighted by atomic mass is 10.1. The van der Waals surface area contributed by atoms with Crippen molar-refractivity contribution in [1.29, 1.82) is 0 Å². The average Bonchev–Trinajstić information content (AvgIpc) is 2.95. The molecule has 1 atom stereocenters. The standard InChI is InChI=1S/C18H23N3O2S/c1-11-6-8-15(20-18(23)21(4)5)14(10-11)17(22)19-13(3)16-9-7-12(2)24-16/h6-10,13H,1-5H3,(H,19,22)(H,20,23). The first-order chi connectivity index (χ1) is 11.3. The third-order valence-corrected chi connectivity index (χ3v) is 4.79. The van der Waals surface area contributed by atoms with Crippen molar-refractivity contribution in [3.8, 4) is 0 Å². The summed E-state index contributed by atoms with van der Waals surface area (Å²) in [5.74, 6) is -0.202. The van der Waals surface area contributed by atoms with Gasteiger partial charge < -0.3 is 15.5 Å². The molecule has 6 heteroatoms. The molecule has 0 aliphatic heterocycles. The van der Waals surface area contributed by atoms with Crippen molar-refractivity contribution in [3.05, 3.63) is 51.2 Å². The van der Waals surface area contributed by atoms with Gasteiger partial charge in [0.2, 0.25) is 0 Å². The Hall–Kier alpha value is -2.34. The molecule has 0 saturated heterocycles. The smallest absolute Gasteiger partial charge is 0.321 e. The third-order valence-electron chi connectivity index (χ3n) is 3.60. The van der Waals surface area contributed by atoms with Crippen molar-refractivity contribution in [2.75, 3.05) is 19.4 Å². The first-order valence-corrected chi connectivity index (χ1v) is 8.55. The molecule has 1 unspecified atom stereocenters. The Morgan fingerprint density at radius 2 is 1.83 bits per heavy atom. The van der Waals surface area contributed by atoms with Gasteiger partial charge in [0, 0.05) is 23.8 Å².